The topological polar surface area (TPSA) is 3.01 Å². The molecule has 0 radical (unpaired) electrons. The van der Waals surface area contributed by atoms with Crippen LogP contribution < -0.4 is 4.58 Å². The van der Waals surface area contributed by atoms with E-state index in [4.69, 9.17) is 0 Å². The zero-order valence-electron chi connectivity index (χ0n) is 27.8. The molecule has 0 saturated heterocycles. The normalized spacial score (nSPS) is 15.2. The molecule has 1 nitrogen and oxygen atoms in total. The van der Waals surface area contributed by atoms with E-state index in [1.807, 2.05) is 0 Å². The second-order valence-electron chi connectivity index (χ2n) is 13.0. The van der Waals surface area contributed by atoms with Gasteiger partial charge in [-0.05, 0) is 62.7 Å². The number of rotatable bonds is 6. The molecule has 0 bridgehead atoms. The van der Waals surface area contributed by atoms with Crippen LogP contribution in [0.4, 0.5) is 11.4 Å². The fourth-order valence-corrected chi connectivity index (χ4v) is 8.18. The van der Waals surface area contributed by atoms with Crippen molar-refractivity contribution < 1.29 is 0 Å². The van der Waals surface area contributed by atoms with E-state index < -0.39 is 5.41 Å². The molecule has 1 heteroatoms. The number of nitrogens with zero attached hydrogens (tertiary/aromatic N) is 1. The van der Waals surface area contributed by atoms with Gasteiger partial charge in [0.05, 0.1) is 17.4 Å². The van der Waals surface area contributed by atoms with Gasteiger partial charge in [0.2, 0.25) is 11.4 Å². The largest absolute Gasteiger partial charge is 0.219 e. The van der Waals surface area contributed by atoms with Crippen LogP contribution >= 0.6 is 0 Å². The molecule has 0 amide bonds. The average molecular weight is 639 g/mol. The summed E-state index contributed by atoms with van der Waals surface area (Å²) in [6.07, 6.45) is 7.56. The van der Waals surface area contributed by atoms with Crippen molar-refractivity contribution in [3.8, 4) is 22.3 Å². The summed E-state index contributed by atoms with van der Waals surface area (Å²) >= 11 is 0. The number of allylic oxidation sites excluding steroid dienone is 4. The molecule has 0 unspecified atom stereocenters. The van der Waals surface area contributed by atoms with E-state index in [2.05, 4.69) is 211 Å². The van der Waals surface area contributed by atoms with E-state index in [0.717, 1.165) is 17.8 Å². The van der Waals surface area contributed by atoms with E-state index >= 15 is 0 Å². The maximum atomic E-state index is 2.52. The van der Waals surface area contributed by atoms with E-state index in [1.165, 1.54) is 61.4 Å². The third kappa shape index (κ3) is 4.82. The Balaban J connectivity index is 1.38. The monoisotopic (exact) mass is 638 g/mol. The molecular formula is C49H36N+. The van der Waals surface area contributed by atoms with Crippen molar-refractivity contribution in [3.63, 3.8) is 0 Å². The molecule has 0 aliphatic heterocycles. The molecule has 0 heterocycles. The summed E-state index contributed by atoms with van der Waals surface area (Å²) in [5.41, 5.74) is 15.6. The van der Waals surface area contributed by atoms with Gasteiger partial charge in [-0.3, -0.25) is 0 Å². The van der Waals surface area contributed by atoms with E-state index in [-0.39, 0.29) is 0 Å². The highest BCUT2D eigenvalue weighted by Crippen LogP contribution is 2.57. The van der Waals surface area contributed by atoms with Gasteiger partial charge in [0.25, 0.3) is 0 Å². The molecule has 0 aromatic heterocycles. The SMILES string of the molecule is C1=CCC(=[N+](c2ccc3c(c2)C(c2ccccc2)(c2ccccc2)c2ccccc2-3)c2ccccc2-c2ccccc2)C(c2ccccc2)=C1. The van der Waals surface area contributed by atoms with Crippen molar-refractivity contribution in [1.82, 2.24) is 4.58 Å². The van der Waals surface area contributed by atoms with E-state index in [0.29, 0.717) is 0 Å². The highest BCUT2D eigenvalue weighted by molar-refractivity contribution is 6.27. The van der Waals surface area contributed by atoms with Crippen molar-refractivity contribution in [2.45, 2.75) is 11.8 Å². The zero-order valence-corrected chi connectivity index (χ0v) is 27.8. The van der Waals surface area contributed by atoms with Gasteiger partial charge in [0.1, 0.15) is 0 Å². The lowest BCUT2D eigenvalue weighted by molar-refractivity contribution is 0.767. The first-order chi connectivity index (χ1) is 24.8. The quantitative estimate of drug-likeness (QED) is 0.159. The minimum atomic E-state index is -0.482. The summed E-state index contributed by atoms with van der Waals surface area (Å²) in [5, 5.41) is 0. The maximum Gasteiger partial charge on any atom is 0.219 e. The molecule has 9 rings (SSSR count). The number of benzene rings is 7. The van der Waals surface area contributed by atoms with E-state index in [9.17, 15) is 0 Å². The maximum absolute atomic E-state index is 2.52. The smallest absolute Gasteiger partial charge is 0.156 e. The molecule has 0 spiro atoms. The third-order valence-electron chi connectivity index (χ3n) is 10.3. The van der Waals surface area contributed by atoms with Crippen molar-refractivity contribution in [2.75, 3.05) is 0 Å². The minimum Gasteiger partial charge on any atom is -0.156 e. The molecule has 236 valence electrons. The van der Waals surface area contributed by atoms with Gasteiger partial charge in [-0.15, -0.1) is 0 Å². The predicted octanol–water partition coefficient (Wildman–Crippen LogP) is 12.0. The lowest BCUT2D eigenvalue weighted by Crippen LogP contribution is -2.29. The molecule has 2 aliphatic rings. The Bertz CT molecular complexity index is 2380. The predicted molar refractivity (Wildman–Crippen MR) is 210 cm³/mol. The van der Waals surface area contributed by atoms with Gasteiger partial charge in [-0.2, -0.15) is 4.58 Å². The van der Waals surface area contributed by atoms with Gasteiger partial charge < -0.3 is 0 Å². The molecule has 2 aliphatic carbocycles. The lowest BCUT2D eigenvalue weighted by atomic mass is 9.67. The van der Waals surface area contributed by atoms with Crippen LogP contribution in [0, 0.1) is 0 Å². The number of fused-ring (bicyclic) bond motifs is 3. The van der Waals surface area contributed by atoms with Gasteiger partial charge in [0.15, 0.2) is 5.71 Å². The first-order valence-electron chi connectivity index (χ1n) is 17.4. The summed E-state index contributed by atoms with van der Waals surface area (Å²) < 4.78 is 2.52. The second kappa shape index (κ2) is 12.6. The third-order valence-corrected chi connectivity index (χ3v) is 10.3. The number of para-hydroxylation sites is 1. The van der Waals surface area contributed by atoms with Crippen molar-refractivity contribution in [3.05, 3.63) is 234 Å². The summed E-state index contributed by atoms with van der Waals surface area (Å²) in [4.78, 5) is 0. The van der Waals surface area contributed by atoms with Gasteiger partial charge >= 0.3 is 0 Å². The van der Waals surface area contributed by atoms with Crippen molar-refractivity contribution in [2.24, 2.45) is 0 Å². The molecule has 0 saturated carbocycles. The second-order valence-corrected chi connectivity index (χ2v) is 13.0. The van der Waals surface area contributed by atoms with Crippen LogP contribution in [0.2, 0.25) is 0 Å². The van der Waals surface area contributed by atoms with Crippen LogP contribution in [0.15, 0.2) is 206 Å². The minimum absolute atomic E-state index is 0.482. The fourth-order valence-electron chi connectivity index (χ4n) is 8.18. The molecular weight excluding hydrogens is 603 g/mol. The Hall–Kier alpha value is -6.31. The molecule has 0 fully saturated rings. The summed E-state index contributed by atoms with van der Waals surface area (Å²) in [6, 6.07) is 68.7. The molecule has 0 atom stereocenters. The molecule has 0 N–H and O–H groups in total. The van der Waals surface area contributed by atoms with Crippen LogP contribution in [0.5, 0.6) is 0 Å². The van der Waals surface area contributed by atoms with Crippen LogP contribution in [-0.2, 0) is 5.41 Å². The van der Waals surface area contributed by atoms with Gasteiger partial charge in [-0.25, -0.2) is 0 Å². The molecule has 50 heavy (non-hydrogen) atoms. The van der Waals surface area contributed by atoms with Crippen molar-refractivity contribution in [1.29, 1.82) is 0 Å². The van der Waals surface area contributed by atoms with Gasteiger partial charge in [-0.1, -0.05) is 170 Å². The molecule has 7 aromatic carbocycles. The van der Waals surface area contributed by atoms with Crippen molar-refractivity contribution >= 4 is 22.7 Å². The Morgan fingerprint density at radius 1 is 0.440 bits per heavy atom. The van der Waals surface area contributed by atoms with Crippen LogP contribution in [0.25, 0.3) is 27.8 Å². The molecule has 7 aromatic rings. The average Bonchev–Trinajstić information content (AvgIpc) is 3.50. The summed E-state index contributed by atoms with van der Waals surface area (Å²) in [7, 11) is 0. The standard InChI is InChI=1S/C49H36N/c1-5-19-36(20-6-1)41-27-14-17-31-47(41)50(48-32-18-15-28-42(48)37-21-7-2-8-22-37)40-33-34-44-43-29-13-16-30-45(43)49(46(44)35-40,38-23-9-3-10-24-38)39-25-11-4-12-26-39/h1-31,33-35H,32H2/q+1. The lowest BCUT2D eigenvalue weighted by Gasteiger charge is -2.33. The number of hydrogen-bond donors (Lipinski definition) is 0. The summed E-state index contributed by atoms with van der Waals surface area (Å²) in [6.45, 7) is 0. The summed E-state index contributed by atoms with van der Waals surface area (Å²) in [5.74, 6) is 0. The van der Waals surface area contributed by atoms with Crippen LogP contribution in [0.3, 0.4) is 0 Å². The van der Waals surface area contributed by atoms with Crippen LogP contribution in [-0.4, -0.2) is 5.71 Å². The first-order valence-corrected chi connectivity index (χ1v) is 17.4. The Labute approximate surface area is 294 Å². The number of hydrogen-bond acceptors (Lipinski definition) is 0. The first kappa shape index (κ1) is 29.8. The Morgan fingerprint density at radius 2 is 0.980 bits per heavy atom. The Kier molecular flexibility index (Phi) is 7.52. The van der Waals surface area contributed by atoms with Crippen LogP contribution in [0.1, 0.15) is 34.2 Å². The van der Waals surface area contributed by atoms with E-state index in [1.54, 1.807) is 0 Å². The zero-order chi connectivity index (χ0) is 33.3. The fraction of sp³-hybridized carbons (Fsp3) is 0.0408. The Morgan fingerprint density at radius 3 is 1.66 bits per heavy atom. The van der Waals surface area contributed by atoms with Gasteiger partial charge in [0, 0.05) is 23.8 Å². The highest BCUT2D eigenvalue weighted by atomic mass is 15.0. The highest BCUT2D eigenvalue weighted by Gasteiger charge is 2.47.